The molecule has 0 aliphatic rings. The Bertz CT molecular complexity index is 548. The molecule has 7 nitrogen and oxygen atoms in total. The minimum Gasteiger partial charge on any atom is -0.463 e. The largest absolute Gasteiger partial charge is 0.463 e. The Morgan fingerprint density at radius 1 is 0.429 bits per heavy atom. The van der Waals surface area contributed by atoms with Crippen LogP contribution in [0.3, 0.4) is 0 Å². The zero-order valence-corrected chi connectivity index (χ0v) is 27.5. The number of carbonyl (C=O) groups is 2. The molecule has 0 fully saturated rings. The lowest BCUT2D eigenvalue weighted by Crippen LogP contribution is -2.27. The zero-order chi connectivity index (χ0) is 31.1. The van der Waals surface area contributed by atoms with Crippen LogP contribution < -0.4 is 0 Å². The van der Waals surface area contributed by atoms with E-state index in [1.165, 1.54) is 103 Å². The van der Waals surface area contributed by atoms with Crippen LogP contribution in [0.4, 0.5) is 0 Å². The van der Waals surface area contributed by atoms with Crippen molar-refractivity contribution in [1.29, 1.82) is 0 Å². The van der Waals surface area contributed by atoms with Gasteiger partial charge in [-0.2, -0.15) is 0 Å². The SMILES string of the molecule is CCCCCCCCCCCCC[C@@H](O)CC(=O)OCC(O)COC(=O)C[C@H](O)CCCCCCCCCCCCC. The van der Waals surface area contributed by atoms with Gasteiger partial charge in [-0.1, -0.05) is 155 Å². The number of ether oxygens (including phenoxy) is 2. The van der Waals surface area contributed by atoms with Gasteiger partial charge in [-0.25, -0.2) is 0 Å². The second kappa shape index (κ2) is 31.3. The van der Waals surface area contributed by atoms with Crippen LogP contribution in [0.1, 0.15) is 181 Å². The number of rotatable bonds is 32. The van der Waals surface area contributed by atoms with E-state index in [4.69, 9.17) is 9.47 Å². The van der Waals surface area contributed by atoms with Crippen molar-refractivity contribution in [3.8, 4) is 0 Å². The summed E-state index contributed by atoms with van der Waals surface area (Å²) in [6.45, 7) is 3.89. The number of esters is 2. The monoisotopic (exact) mass is 600 g/mol. The molecule has 0 aromatic carbocycles. The second-order valence-corrected chi connectivity index (χ2v) is 12.4. The lowest BCUT2D eigenvalue weighted by atomic mass is 10.0. The Morgan fingerprint density at radius 2 is 0.690 bits per heavy atom. The maximum Gasteiger partial charge on any atom is 0.308 e. The minimum absolute atomic E-state index is 0.102. The number of unbranched alkanes of at least 4 members (excludes halogenated alkanes) is 20. The number of aliphatic hydroxyl groups is 3. The van der Waals surface area contributed by atoms with E-state index in [-0.39, 0.29) is 26.1 Å². The molecule has 0 saturated heterocycles. The Kier molecular flexibility index (Phi) is 30.4. The molecule has 0 rings (SSSR count). The lowest BCUT2D eigenvalue weighted by Gasteiger charge is -2.15. The van der Waals surface area contributed by atoms with E-state index >= 15 is 0 Å². The smallest absolute Gasteiger partial charge is 0.308 e. The van der Waals surface area contributed by atoms with Crippen LogP contribution in [-0.2, 0) is 19.1 Å². The van der Waals surface area contributed by atoms with E-state index in [9.17, 15) is 24.9 Å². The number of hydrogen-bond acceptors (Lipinski definition) is 7. The summed E-state index contributed by atoms with van der Waals surface area (Å²) >= 11 is 0. The van der Waals surface area contributed by atoms with Gasteiger partial charge >= 0.3 is 11.9 Å². The van der Waals surface area contributed by atoms with Crippen LogP contribution in [0.25, 0.3) is 0 Å². The summed E-state index contributed by atoms with van der Waals surface area (Å²) < 4.78 is 10.1. The first-order chi connectivity index (χ1) is 20.4. The van der Waals surface area contributed by atoms with Crippen LogP contribution >= 0.6 is 0 Å². The third kappa shape index (κ3) is 30.3. The highest BCUT2D eigenvalue weighted by molar-refractivity contribution is 5.70. The van der Waals surface area contributed by atoms with Crippen molar-refractivity contribution in [2.24, 2.45) is 0 Å². The first-order valence-corrected chi connectivity index (χ1v) is 17.7. The number of carbonyl (C=O) groups excluding carboxylic acids is 2. The van der Waals surface area contributed by atoms with Gasteiger partial charge in [0.25, 0.3) is 0 Å². The molecular weight excluding hydrogens is 532 g/mol. The molecule has 7 heteroatoms. The van der Waals surface area contributed by atoms with E-state index in [2.05, 4.69) is 13.8 Å². The summed E-state index contributed by atoms with van der Waals surface area (Å²) in [6.07, 6.45) is 25.5. The predicted molar refractivity (Wildman–Crippen MR) is 171 cm³/mol. The summed E-state index contributed by atoms with van der Waals surface area (Å²) in [5.74, 6) is -1.14. The molecule has 0 saturated carbocycles. The molecular formula is C35H68O7. The Morgan fingerprint density at radius 3 is 0.976 bits per heavy atom. The molecule has 250 valence electrons. The molecule has 0 unspecified atom stereocenters. The van der Waals surface area contributed by atoms with E-state index in [0.29, 0.717) is 12.8 Å². The highest BCUT2D eigenvalue weighted by Crippen LogP contribution is 2.15. The molecule has 0 bridgehead atoms. The molecule has 0 radical (unpaired) electrons. The summed E-state index contributed by atoms with van der Waals surface area (Å²) in [7, 11) is 0. The van der Waals surface area contributed by atoms with Crippen LogP contribution in [0, 0.1) is 0 Å². The summed E-state index contributed by atoms with van der Waals surface area (Å²) in [5.41, 5.74) is 0. The van der Waals surface area contributed by atoms with Crippen molar-refractivity contribution in [3.63, 3.8) is 0 Å². The average molecular weight is 601 g/mol. The Balaban J connectivity index is 3.63. The number of aliphatic hydroxyl groups excluding tert-OH is 3. The third-order valence-electron chi connectivity index (χ3n) is 7.96. The summed E-state index contributed by atoms with van der Waals surface area (Å²) in [5, 5.41) is 30.1. The Labute approximate surface area is 258 Å². The molecule has 42 heavy (non-hydrogen) atoms. The van der Waals surface area contributed by atoms with Gasteiger partial charge in [-0.15, -0.1) is 0 Å². The van der Waals surface area contributed by atoms with Crippen molar-refractivity contribution >= 4 is 11.9 Å². The van der Waals surface area contributed by atoms with Gasteiger partial charge in [0.2, 0.25) is 0 Å². The van der Waals surface area contributed by atoms with E-state index in [1.54, 1.807) is 0 Å². The normalized spacial score (nSPS) is 12.9. The van der Waals surface area contributed by atoms with Crippen molar-refractivity contribution in [3.05, 3.63) is 0 Å². The first-order valence-electron chi connectivity index (χ1n) is 17.7. The zero-order valence-electron chi connectivity index (χ0n) is 27.5. The fourth-order valence-corrected chi connectivity index (χ4v) is 5.22. The molecule has 0 aromatic heterocycles. The summed E-state index contributed by atoms with van der Waals surface area (Å²) in [4.78, 5) is 23.9. The van der Waals surface area contributed by atoms with Gasteiger partial charge in [-0.3, -0.25) is 9.59 Å². The number of hydrogen-bond donors (Lipinski definition) is 3. The molecule has 0 aliphatic heterocycles. The fraction of sp³-hybridized carbons (Fsp3) is 0.943. The molecule has 0 amide bonds. The molecule has 0 spiro atoms. The summed E-state index contributed by atoms with van der Waals surface area (Å²) in [6, 6.07) is 0. The van der Waals surface area contributed by atoms with E-state index in [1.807, 2.05) is 0 Å². The first kappa shape index (κ1) is 40.8. The topological polar surface area (TPSA) is 113 Å². The molecule has 0 heterocycles. The highest BCUT2D eigenvalue weighted by Gasteiger charge is 2.17. The molecule has 0 aromatic rings. The van der Waals surface area contributed by atoms with Crippen molar-refractivity contribution < 1.29 is 34.4 Å². The van der Waals surface area contributed by atoms with Crippen LogP contribution in [0.15, 0.2) is 0 Å². The predicted octanol–water partition coefficient (Wildman–Crippen LogP) is 8.34. The molecule has 0 aliphatic carbocycles. The van der Waals surface area contributed by atoms with Crippen LogP contribution in [0.2, 0.25) is 0 Å². The lowest BCUT2D eigenvalue weighted by molar-refractivity contribution is -0.154. The highest BCUT2D eigenvalue weighted by atomic mass is 16.6. The molecule has 3 N–H and O–H groups in total. The van der Waals surface area contributed by atoms with Gasteiger partial charge in [-0.05, 0) is 12.8 Å². The fourth-order valence-electron chi connectivity index (χ4n) is 5.22. The van der Waals surface area contributed by atoms with Gasteiger partial charge < -0.3 is 24.8 Å². The maximum absolute atomic E-state index is 12.0. The van der Waals surface area contributed by atoms with Gasteiger partial charge in [0.1, 0.15) is 19.3 Å². The van der Waals surface area contributed by atoms with Crippen molar-refractivity contribution in [2.45, 2.75) is 199 Å². The van der Waals surface area contributed by atoms with Crippen molar-refractivity contribution in [2.75, 3.05) is 13.2 Å². The van der Waals surface area contributed by atoms with Gasteiger partial charge in [0.15, 0.2) is 0 Å². The van der Waals surface area contributed by atoms with Gasteiger partial charge in [0, 0.05) is 0 Å². The van der Waals surface area contributed by atoms with Crippen molar-refractivity contribution in [1.82, 2.24) is 0 Å². The molecule has 2 atom stereocenters. The van der Waals surface area contributed by atoms with Crippen LogP contribution in [-0.4, -0.2) is 58.8 Å². The average Bonchev–Trinajstić information content (AvgIpc) is 2.96. The maximum atomic E-state index is 12.0. The minimum atomic E-state index is -1.13. The quantitative estimate of drug-likeness (QED) is 0.0525. The third-order valence-corrected chi connectivity index (χ3v) is 7.96. The Hall–Kier alpha value is -1.18. The van der Waals surface area contributed by atoms with Gasteiger partial charge in [0.05, 0.1) is 25.0 Å². The standard InChI is InChI=1S/C35H68O7/c1-3-5-7-9-11-13-15-17-19-21-23-25-31(36)27-34(39)41-29-33(38)30-42-35(40)28-32(37)26-24-22-20-18-16-14-12-10-8-6-4-2/h31-33,36-38H,3-30H2,1-2H3/t31-,32-/m1/s1. The second-order valence-electron chi connectivity index (χ2n) is 12.4. The van der Waals surface area contributed by atoms with Crippen LogP contribution in [0.5, 0.6) is 0 Å². The van der Waals surface area contributed by atoms with E-state index in [0.717, 1.165) is 38.5 Å². The van der Waals surface area contributed by atoms with E-state index < -0.39 is 30.3 Å².